The van der Waals surface area contributed by atoms with Crippen molar-refractivity contribution in [1.82, 2.24) is 0 Å². The lowest BCUT2D eigenvalue weighted by atomic mass is 10.2. The molecule has 0 saturated heterocycles. The first-order valence-corrected chi connectivity index (χ1v) is 4.49. The zero-order chi connectivity index (χ0) is 9.94. The van der Waals surface area contributed by atoms with Gasteiger partial charge in [0.15, 0.2) is 0 Å². The van der Waals surface area contributed by atoms with Crippen molar-refractivity contribution in [2.45, 2.75) is 19.1 Å². The predicted octanol–water partition coefficient (Wildman–Crippen LogP) is -1.67. The Kier molecular flexibility index (Phi) is 3.82. The number of phosphoric acid groups is 1. The highest BCUT2D eigenvalue weighted by Gasteiger charge is 2.27. The zero-order valence-electron chi connectivity index (χ0n) is 6.25. The van der Waals surface area contributed by atoms with Gasteiger partial charge in [-0.2, -0.15) is 0 Å². The third kappa shape index (κ3) is 4.42. The molecule has 0 saturated carbocycles. The van der Waals surface area contributed by atoms with Gasteiger partial charge >= 0.3 is 13.8 Å². The summed E-state index contributed by atoms with van der Waals surface area (Å²) in [6.07, 6.45) is -1.22. The SMILES string of the molecule is CC(O)C(N)C(=O)OP(=O)(O)O. The topological polar surface area (TPSA) is 130 Å². The molecule has 0 aliphatic heterocycles. The van der Waals surface area contributed by atoms with Gasteiger partial charge in [0.2, 0.25) is 0 Å². The second-order valence-corrected chi connectivity index (χ2v) is 3.33. The van der Waals surface area contributed by atoms with E-state index in [0.29, 0.717) is 0 Å². The fourth-order valence-corrected chi connectivity index (χ4v) is 0.731. The first-order chi connectivity index (χ1) is 5.24. The molecule has 72 valence electrons. The van der Waals surface area contributed by atoms with Crippen LogP contribution in [0, 0.1) is 0 Å². The van der Waals surface area contributed by atoms with E-state index in [4.69, 9.17) is 20.6 Å². The standard InChI is InChI=1S/C4H10NO6P/c1-2(6)3(5)4(7)11-12(8,9)10/h2-3,6H,5H2,1H3,(H2,8,9,10). The second kappa shape index (κ2) is 3.97. The Bertz CT molecular complexity index is 210. The average molecular weight is 199 g/mol. The molecule has 0 aromatic rings. The third-order valence-corrected chi connectivity index (χ3v) is 1.42. The summed E-state index contributed by atoms with van der Waals surface area (Å²) in [7, 11) is -4.86. The molecule has 0 heterocycles. The number of hydrogen-bond acceptors (Lipinski definition) is 5. The van der Waals surface area contributed by atoms with Crippen LogP contribution in [-0.2, 0) is 13.9 Å². The lowest BCUT2D eigenvalue weighted by Crippen LogP contribution is -2.40. The summed E-state index contributed by atoms with van der Waals surface area (Å²) >= 11 is 0. The smallest absolute Gasteiger partial charge is 0.391 e. The quantitative estimate of drug-likeness (QED) is 0.399. The summed E-state index contributed by atoms with van der Waals surface area (Å²) in [6.45, 7) is 1.20. The van der Waals surface area contributed by atoms with E-state index in [0.717, 1.165) is 0 Å². The lowest BCUT2D eigenvalue weighted by Gasteiger charge is -2.13. The maximum atomic E-state index is 10.6. The van der Waals surface area contributed by atoms with Crippen molar-refractivity contribution in [2.75, 3.05) is 0 Å². The summed E-state index contributed by atoms with van der Waals surface area (Å²) in [5.41, 5.74) is 5.00. The van der Waals surface area contributed by atoms with E-state index in [9.17, 15) is 9.36 Å². The Morgan fingerprint density at radius 3 is 2.25 bits per heavy atom. The van der Waals surface area contributed by atoms with Gasteiger partial charge in [-0.15, -0.1) is 0 Å². The molecule has 0 aromatic heterocycles. The molecule has 0 fully saturated rings. The number of rotatable bonds is 3. The zero-order valence-corrected chi connectivity index (χ0v) is 7.14. The van der Waals surface area contributed by atoms with Crippen molar-refractivity contribution in [2.24, 2.45) is 5.73 Å². The number of hydrogen-bond donors (Lipinski definition) is 4. The summed E-state index contributed by atoms with van der Waals surface area (Å²) in [5.74, 6) is -1.33. The molecule has 0 aliphatic carbocycles. The first kappa shape index (κ1) is 11.5. The molecule has 0 radical (unpaired) electrons. The van der Waals surface area contributed by atoms with Crippen LogP contribution in [-0.4, -0.2) is 33.0 Å². The van der Waals surface area contributed by atoms with Crippen LogP contribution >= 0.6 is 7.82 Å². The Balaban J connectivity index is 4.15. The molecule has 0 aliphatic rings. The Morgan fingerprint density at radius 1 is 1.58 bits per heavy atom. The highest BCUT2D eigenvalue weighted by atomic mass is 31.2. The van der Waals surface area contributed by atoms with E-state index < -0.39 is 25.9 Å². The molecule has 8 heteroatoms. The van der Waals surface area contributed by atoms with Crippen molar-refractivity contribution in [3.63, 3.8) is 0 Å². The van der Waals surface area contributed by atoms with Gasteiger partial charge in [-0.1, -0.05) is 0 Å². The first-order valence-electron chi connectivity index (χ1n) is 2.96. The van der Waals surface area contributed by atoms with Crippen molar-refractivity contribution in [3.8, 4) is 0 Å². The maximum Gasteiger partial charge on any atom is 0.527 e. The Labute approximate surface area is 68.4 Å². The number of phosphoric ester groups is 1. The summed E-state index contributed by atoms with van der Waals surface area (Å²) in [6, 6.07) is -1.45. The van der Waals surface area contributed by atoms with E-state index in [2.05, 4.69) is 4.52 Å². The van der Waals surface area contributed by atoms with Crippen LogP contribution in [0.15, 0.2) is 0 Å². The van der Waals surface area contributed by atoms with E-state index in [1.807, 2.05) is 0 Å². The molecule has 7 nitrogen and oxygen atoms in total. The molecule has 2 unspecified atom stereocenters. The minimum Gasteiger partial charge on any atom is -0.391 e. The van der Waals surface area contributed by atoms with Crippen LogP contribution in [0.25, 0.3) is 0 Å². The summed E-state index contributed by atoms with van der Waals surface area (Å²) in [5, 5.41) is 8.71. The summed E-state index contributed by atoms with van der Waals surface area (Å²) < 4.78 is 13.7. The van der Waals surface area contributed by atoms with Crippen LogP contribution < -0.4 is 5.73 Å². The largest absolute Gasteiger partial charge is 0.527 e. The maximum absolute atomic E-state index is 10.6. The van der Waals surface area contributed by atoms with Crippen molar-refractivity contribution in [3.05, 3.63) is 0 Å². The number of nitrogens with two attached hydrogens (primary N) is 1. The van der Waals surface area contributed by atoms with Crippen molar-refractivity contribution >= 4 is 13.8 Å². The third-order valence-electron chi connectivity index (χ3n) is 1.00. The van der Waals surface area contributed by atoms with E-state index in [1.165, 1.54) is 6.92 Å². The second-order valence-electron chi connectivity index (χ2n) is 2.17. The number of aliphatic hydroxyl groups excluding tert-OH is 1. The van der Waals surface area contributed by atoms with Gasteiger partial charge in [-0.05, 0) is 6.92 Å². The molecule has 0 spiro atoms. The normalized spacial score (nSPS) is 16.8. The fraction of sp³-hybridized carbons (Fsp3) is 0.750. The monoisotopic (exact) mass is 199 g/mol. The van der Waals surface area contributed by atoms with Gasteiger partial charge in [0.05, 0.1) is 6.10 Å². The van der Waals surface area contributed by atoms with E-state index >= 15 is 0 Å². The van der Waals surface area contributed by atoms with Crippen LogP contribution in [0.3, 0.4) is 0 Å². The number of carbonyl (C=O) groups excluding carboxylic acids is 1. The molecule has 2 atom stereocenters. The van der Waals surface area contributed by atoms with Crippen LogP contribution in [0.4, 0.5) is 0 Å². The molecule has 5 N–H and O–H groups in total. The molecule has 0 amide bonds. The number of carbonyl (C=O) groups is 1. The minimum atomic E-state index is -4.86. The van der Waals surface area contributed by atoms with Gasteiger partial charge in [0.25, 0.3) is 0 Å². The Hall–Kier alpha value is -0.460. The van der Waals surface area contributed by atoms with Gasteiger partial charge in [-0.3, -0.25) is 9.79 Å². The van der Waals surface area contributed by atoms with Crippen LogP contribution in [0.5, 0.6) is 0 Å². The Morgan fingerprint density at radius 2 is 2.00 bits per heavy atom. The number of aliphatic hydroxyl groups is 1. The van der Waals surface area contributed by atoms with Gasteiger partial charge in [0, 0.05) is 0 Å². The lowest BCUT2D eigenvalue weighted by molar-refractivity contribution is -0.139. The molecule has 0 bridgehead atoms. The highest BCUT2D eigenvalue weighted by molar-refractivity contribution is 7.46. The van der Waals surface area contributed by atoms with Crippen molar-refractivity contribution < 1.29 is 28.8 Å². The van der Waals surface area contributed by atoms with E-state index in [-0.39, 0.29) is 0 Å². The molecule has 12 heavy (non-hydrogen) atoms. The van der Waals surface area contributed by atoms with Crippen molar-refractivity contribution in [1.29, 1.82) is 0 Å². The van der Waals surface area contributed by atoms with Gasteiger partial charge in [0.1, 0.15) is 6.04 Å². The molecule has 0 aromatic carbocycles. The van der Waals surface area contributed by atoms with Gasteiger partial charge < -0.3 is 15.4 Å². The molecular formula is C4H10NO6P. The van der Waals surface area contributed by atoms with Crippen LogP contribution in [0.1, 0.15) is 6.92 Å². The fourth-order valence-electron chi connectivity index (χ4n) is 0.375. The molecular weight excluding hydrogens is 189 g/mol. The minimum absolute atomic E-state index is 1.20. The highest BCUT2D eigenvalue weighted by Crippen LogP contribution is 2.36. The predicted molar refractivity (Wildman–Crippen MR) is 37.8 cm³/mol. The average Bonchev–Trinajstić information content (AvgIpc) is 1.82. The van der Waals surface area contributed by atoms with Crippen LogP contribution in [0.2, 0.25) is 0 Å². The van der Waals surface area contributed by atoms with E-state index in [1.54, 1.807) is 0 Å². The summed E-state index contributed by atoms with van der Waals surface area (Å²) in [4.78, 5) is 26.9. The molecule has 0 rings (SSSR count). The van der Waals surface area contributed by atoms with Gasteiger partial charge in [-0.25, -0.2) is 9.36 Å².